The van der Waals surface area contributed by atoms with Crippen LogP contribution in [0.15, 0.2) is 48.5 Å². The number of nitrogens with one attached hydrogen (secondary N) is 1. The normalized spacial score (nSPS) is 17.6. The minimum Gasteiger partial charge on any atom is -0.455 e. The highest BCUT2D eigenvalue weighted by molar-refractivity contribution is 6.30. The molecule has 0 radical (unpaired) electrons. The molecule has 2 fully saturated rings. The summed E-state index contributed by atoms with van der Waals surface area (Å²) in [5.74, 6) is -0.776. The van der Waals surface area contributed by atoms with Crippen molar-refractivity contribution < 1.29 is 19.1 Å². The number of amides is 2. The van der Waals surface area contributed by atoms with Gasteiger partial charge in [-0.15, -0.1) is 0 Å². The fourth-order valence-electron chi connectivity index (χ4n) is 4.53. The maximum Gasteiger partial charge on any atom is 0.317 e. The first kappa shape index (κ1) is 21.4. The number of anilines is 2. The van der Waals surface area contributed by atoms with Crippen LogP contribution in [0, 0.1) is 0 Å². The highest BCUT2D eigenvalue weighted by Gasteiger charge is 2.44. The van der Waals surface area contributed by atoms with Gasteiger partial charge >= 0.3 is 5.97 Å². The van der Waals surface area contributed by atoms with Gasteiger partial charge in [0.25, 0.3) is 5.91 Å². The van der Waals surface area contributed by atoms with Crippen molar-refractivity contribution >= 4 is 40.8 Å². The number of rotatable bonds is 6. The molecule has 31 heavy (non-hydrogen) atoms. The molecule has 0 bridgehead atoms. The number of hydrogen-bond acceptors (Lipinski definition) is 4. The average Bonchev–Trinajstić information content (AvgIpc) is 3.43. The SMILES string of the molecule is O=C(COC(=O)C1(c2ccc(Cl)cc2)CCCC1)Nc1ccccc1N1CCCC1=O. The third-order valence-electron chi connectivity index (χ3n) is 6.12. The van der Waals surface area contributed by atoms with Crippen molar-refractivity contribution in [2.45, 2.75) is 43.9 Å². The first-order chi connectivity index (χ1) is 15.0. The van der Waals surface area contributed by atoms with Crippen LogP contribution in [-0.4, -0.2) is 30.9 Å². The topological polar surface area (TPSA) is 75.7 Å². The van der Waals surface area contributed by atoms with Crippen molar-refractivity contribution in [3.05, 3.63) is 59.1 Å². The molecule has 0 atom stereocenters. The zero-order chi connectivity index (χ0) is 21.8. The number of carbonyl (C=O) groups excluding carboxylic acids is 3. The van der Waals surface area contributed by atoms with Crippen LogP contribution >= 0.6 is 11.6 Å². The fraction of sp³-hybridized carbons (Fsp3) is 0.375. The molecule has 0 aromatic heterocycles. The first-order valence-electron chi connectivity index (χ1n) is 10.6. The second kappa shape index (κ2) is 9.10. The Morgan fingerprint density at radius 1 is 1.03 bits per heavy atom. The van der Waals surface area contributed by atoms with Crippen molar-refractivity contribution in [1.82, 2.24) is 0 Å². The highest BCUT2D eigenvalue weighted by Crippen LogP contribution is 2.42. The number of para-hydroxylation sites is 2. The molecule has 2 aromatic carbocycles. The van der Waals surface area contributed by atoms with Crippen LogP contribution in [0.2, 0.25) is 5.02 Å². The predicted molar refractivity (Wildman–Crippen MR) is 119 cm³/mol. The smallest absolute Gasteiger partial charge is 0.317 e. The molecule has 1 saturated heterocycles. The maximum atomic E-state index is 13.0. The number of esters is 1. The Morgan fingerprint density at radius 3 is 2.42 bits per heavy atom. The van der Waals surface area contributed by atoms with E-state index in [-0.39, 0.29) is 18.5 Å². The van der Waals surface area contributed by atoms with Crippen molar-refractivity contribution in [3.8, 4) is 0 Å². The standard InChI is InChI=1S/C24H25ClN2O4/c25-18-11-9-17(10-12-18)24(13-3-4-14-24)23(30)31-16-21(28)26-19-6-1-2-7-20(19)27-15-5-8-22(27)29/h1-2,6-7,9-12H,3-5,8,13-16H2,(H,26,28). The molecule has 0 unspecified atom stereocenters. The third kappa shape index (κ3) is 4.44. The molecule has 6 nitrogen and oxygen atoms in total. The molecule has 1 saturated carbocycles. The average molecular weight is 441 g/mol. The minimum absolute atomic E-state index is 0.0410. The highest BCUT2D eigenvalue weighted by atomic mass is 35.5. The predicted octanol–water partition coefficient (Wildman–Crippen LogP) is 4.46. The van der Waals surface area contributed by atoms with Crippen LogP contribution in [0.5, 0.6) is 0 Å². The van der Waals surface area contributed by atoms with Gasteiger partial charge in [-0.1, -0.05) is 48.7 Å². The summed E-state index contributed by atoms with van der Waals surface area (Å²) in [5, 5.41) is 3.40. The lowest BCUT2D eigenvalue weighted by atomic mass is 9.79. The van der Waals surface area contributed by atoms with Gasteiger partial charge in [0.15, 0.2) is 6.61 Å². The number of nitrogens with zero attached hydrogens (tertiary/aromatic N) is 1. The van der Waals surface area contributed by atoms with Crippen molar-refractivity contribution in [2.24, 2.45) is 0 Å². The molecule has 1 N–H and O–H groups in total. The van der Waals surface area contributed by atoms with Crippen molar-refractivity contribution in [2.75, 3.05) is 23.4 Å². The lowest BCUT2D eigenvalue weighted by Gasteiger charge is -2.27. The number of carbonyl (C=O) groups is 3. The summed E-state index contributed by atoms with van der Waals surface area (Å²) in [6.45, 7) is 0.251. The Balaban J connectivity index is 1.42. The Hall–Kier alpha value is -2.86. The molecule has 2 aliphatic rings. The van der Waals surface area contributed by atoms with E-state index >= 15 is 0 Å². The van der Waals surface area contributed by atoms with E-state index in [9.17, 15) is 14.4 Å². The van der Waals surface area contributed by atoms with Gasteiger partial charge in [-0.05, 0) is 49.1 Å². The molecule has 1 aliphatic carbocycles. The van der Waals surface area contributed by atoms with Crippen LogP contribution in [0.4, 0.5) is 11.4 Å². The molecule has 7 heteroatoms. The maximum absolute atomic E-state index is 13.0. The molecule has 162 valence electrons. The monoisotopic (exact) mass is 440 g/mol. The second-order valence-corrected chi connectivity index (χ2v) is 8.52. The fourth-order valence-corrected chi connectivity index (χ4v) is 4.66. The lowest BCUT2D eigenvalue weighted by Crippen LogP contribution is -2.36. The summed E-state index contributed by atoms with van der Waals surface area (Å²) in [6.07, 6.45) is 4.55. The van der Waals surface area contributed by atoms with E-state index in [1.165, 1.54) is 0 Å². The van der Waals surface area contributed by atoms with E-state index < -0.39 is 11.3 Å². The molecular formula is C24H25ClN2O4. The molecular weight excluding hydrogens is 416 g/mol. The zero-order valence-electron chi connectivity index (χ0n) is 17.2. The van der Waals surface area contributed by atoms with Gasteiger partial charge in [0.2, 0.25) is 5.91 Å². The number of ether oxygens (including phenoxy) is 1. The van der Waals surface area contributed by atoms with Crippen molar-refractivity contribution in [1.29, 1.82) is 0 Å². The van der Waals surface area contributed by atoms with Gasteiger partial charge in [-0.3, -0.25) is 14.4 Å². The van der Waals surface area contributed by atoms with Crippen LogP contribution in [-0.2, 0) is 24.5 Å². The molecule has 1 aliphatic heterocycles. The van der Waals surface area contributed by atoms with Gasteiger partial charge in [0, 0.05) is 18.0 Å². The molecule has 4 rings (SSSR count). The summed E-state index contributed by atoms with van der Waals surface area (Å²) < 4.78 is 5.47. The summed E-state index contributed by atoms with van der Waals surface area (Å²) >= 11 is 6.00. The summed E-state index contributed by atoms with van der Waals surface area (Å²) in [5.41, 5.74) is 1.34. The Kier molecular flexibility index (Phi) is 6.28. The molecule has 2 amide bonds. The Labute approximate surface area is 186 Å². The Morgan fingerprint density at radius 2 is 1.74 bits per heavy atom. The van der Waals surface area contributed by atoms with Gasteiger partial charge in [-0.2, -0.15) is 0 Å². The van der Waals surface area contributed by atoms with E-state index in [1.54, 1.807) is 35.2 Å². The second-order valence-electron chi connectivity index (χ2n) is 8.09. The minimum atomic E-state index is -0.731. The first-order valence-corrected chi connectivity index (χ1v) is 11.0. The van der Waals surface area contributed by atoms with Gasteiger partial charge in [0.1, 0.15) is 0 Å². The van der Waals surface area contributed by atoms with E-state index in [0.717, 1.165) is 24.8 Å². The van der Waals surface area contributed by atoms with Crippen LogP contribution < -0.4 is 10.2 Å². The van der Waals surface area contributed by atoms with Gasteiger partial charge in [-0.25, -0.2) is 0 Å². The summed E-state index contributed by atoms with van der Waals surface area (Å²) in [6, 6.07) is 14.4. The van der Waals surface area contributed by atoms with E-state index in [1.807, 2.05) is 18.2 Å². The Bertz CT molecular complexity index is 983. The molecule has 1 heterocycles. The van der Waals surface area contributed by atoms with E-state index in [2.05, 4.69) is 5.32 Å². The largest absolute Gasteiger partial charge is 0.455 e. The van der Waals surface area contributed by atoms with E-state index in [4.69, 9.17) is 16.3 Å². The lowest BCUT2D eigenvalue weighted by molar-refractivity contribution is -0.153. The summed E-state index contributed by atoms with van der Waals surface area (Å²) in [7, 11) is 0. The zero-order valence-corrected chi connectivity index (χ0v) is 18.0. The van der Waals surface area contributed by atoms with Gasteiger partial charge < -0.3 is 15.0 Å². The van der Waals surface area contributed by atoms with Crippen LogP contribution in [0.1, 0.15) is 44.1 Å². The summed E-state index contributed by atoms with van der Waals surface area (Å²) in [4.78, 5) is 39.4. The number of hydrogen-bond donors (Lipinski definition) is 1. The quantitative estimate of drug-likeness (QED) is 0.673. The van der Waals surface area contributed by atoms with Gasteiger partial charge in [0.05, 0.1) is 16.8 Å². The number of benzene rings is 2. The number of halogens is 1. The van der Waals surface area contributed by atoms with Crippen LogP contribution in [0.25, 0.3) is 0 Å². The molecule has 0 spiro atoms. The van der Waals surface area contributed by atoms with Crippen LogP contribution in [0.3, 0.4) is 0 Å². The third-order valence-corrected chi connectivity index (χ3v) is 6.37. The van der Waals surface area contributed by atoms with Crippen molar-refractivity contribution in [3.63, 3.8) is 0 Å². The van der Waals surface area contributed by atoms with E-state index in [0.29, 0.717) is 42.2 Å². The molecule has 2 aromatic rings.